The maximum absolute atomic E-state index is 9.03. The highest BCUT2D eigenvalue weighted by Gasteiger charge is 2.14. The summed E-state index contributed by atoms with van der Waals surface area (Å²) in [6, 6.07) is 7.96. The Morgan fingerprint density at radius 3 is 2.83 bits per heavy atom. The molecular weight excluding hydrogens is 288 g/mol. The van der Waals surface area contributed by atoms with Crippen molar-refractivity contribution in [2.75, 3.05) is 11.9 Å². The zero-order valence-electron chi connectivity index (χ0n) is 10.6. The van der Waals surface area contributed by atoms with E-state index in [0.29, 0.717) is 0 Å². The van der Waals surface area contributed by atoms with Crippen molar-refractivity contribution in [1.29, 1.82) is 5.26 Å². The average molecular weight is 307 g/mol. The summed E-state index contributed by atoms with van der Waals surface area (Å²) in [7, 11) is 0. The van der Waals surface area contributed by atoms with Crippen LogP contribution >= 0.6 is 15.9 Å². The lowest BCUT2D eigenvalue weighted by Gasteiger charge is -2.11. The first-order valence-corrected chi connectivity index (χ1v) is 7.52. The smallest absolute Gasteiger partial charge is 0.101 e. The van der Waals surface area contributed by atoms with Gasteiger partial charge in [-0.25, -0.2) is 0 Å². The van der Waals surface area contributed by atoms with Gasteiger partial charge in [-0.15, -0.1) is 0 Å². The van der Waals surface area contributed by atoms with Crippen molar-refractivity contribution in [2.45, 2.75) is 38.5 Å². The number of rotatable bonds is 5. The van der Waals surface area contributed by atoms with Gasteiger partial charge in [-0.3, -0.25) is 0 Å². The van der Waals surface area contributed by atoms with Crippen LogP contribution in [-0.2, 0) is 0 Å². The quantitative estimate of drug-likeness (QED) is 0.800. The van der Waals surface area contributed by atoms with Gasteiger partial charge in [0.2, 0.25) is 0 Å². The maximum atomic E-state index is 9.03. The van der Waals surface area contributed by atoms with Gasteiger partial charge < -0.3 is 5.32 Å². The first-order valence-electron chi connectivity index (χ1n) is 6.73. The van der Waals surface area contributed by atoms with Crippen molar-refractivity contribution >= 4 is 21.6 Å². The average Bonchev–Trinajstić information content (AvgIpc) is 2.88. The Labute approximate surface area is 118 Å². The Bertz CT molecular complexity index is 431. The largest absolute Gasteiger partial charge is 0.384 e. The lowest BCUT2D eigenvalue weighted by Crippen LogP contribution is -2.05. The number of benzene rings is 1. The predicted octanol–water partition coefficient (Wildman–Crippen LogP) is 4.70. The van der Waals surface area contributed by atoms with Gasteiger partial charge in [0.1, 0.15) is 6.07 Å². The van der Waals surface area contributed by atoms with Crippen LogP contribution in [0.5, 0.6) is 0 Å². The molecule has 0 atom stereocenters. The maximum Gasteiger partial charge on any atom is 0.101 e. The van der Waals surface area contributed by atoms with Crippen molar-refractivity contribution in [2.24, 2.45) is 5.92 Å². The topological polar surface area (TPSA) is 35.8 Å². The van der Waals surface area contributed by atoms with Gasteiger partial charge in [0.05, 0.1) is 11.3 Å². The lowest BCUT2D eigenvalue weighted by atomic mass is 10.0. The third-order valence-corrected chi connectivity index (χ3v) is 4.17. The Kier molecular flexibility index (Phi) is 5.07. The number of nitrogens with zero attached hydrogens (tertiary/aromatic N) is 1. The Morgan fingerprint density at radius 2 is 2.11 bits per heavy atom. The summed E-state index contributed by atoms with van der Waals surface area (Å²) in [5, 5.41) is 12.4. The minimum atomic E-state index is 0.721. The summed E-state index contributed by atoms with van der Waals surface area (Å²) in [6.45, 7) is 0.960. The molecule has 0 aliphatic heterocycles. The SMILES string of the molecule is N#Cc1ccc(Br)cc1NCCCC1CCCC1. The third kappa shape index (κ3) is 3.74. The first-order chi connectivity index (χ1) is 8.79. The lowest BCUT2D eigenvalue weighted by molar-refractivity contribution is 0.491. The monoisotopic (exact) mass is 306 g/mol. The molecule has 0 bridgehead atoms. The second-order valence-corrected chi connectivity index (χ2v) is 5.94. The molecule has 0 heterocycles. The van der Waals surface area contributed by atoms with Crippen molar-refractivity contribution in [3.8, 4) is 6.07 Å². The molecule has 1 fully saturated rings. The van der Waals surface area contributed by atoms with E-state index in [0.717, 1.165) is 28.2 Å². The second kappa shape index (κ2) is 6.80. The van der Waals surface area contributed by atoms with E-state index in [4.69, 9.17) is 5.26 Å². The van der Waals surface area contributed by atoms with Crippen LogP contribution in [0.1, 0.15) is 44.1 Å². The van der Waals surface area contributed by atoms with E-state index in [1.165, 1.54) is 38.5 Å². The molecule has 0 saturated heterocycles. The molecule has 18 heavy (non-hydrogen) atoms. The highest BCUT2D eigenvalue weighted by atomic mass is 79.9. The number of halogens is 1. The van der Waals surface area contributed by atoms with Crippen LogP contribution in [0.3, 0.4) is 0 Å². The molecule has 0 spiro atoms. The van der Waals surface area contributed by atoms with Crippen molar-refractivity contribution in [3.63, 3.8) is 0 Å². The molecule has 3 heteroatoms. The van der Waals surface area contributed by atoms with E-state index >= 15 is 0 Å². The molecule has 2 nitrogen and oxygen atoms in total. The zero-order valence-corrected chi connectivity index (χ0v) is 12.2. The first kappa shape index (κ1) is 13.4. The van der Waals surface area contributed by atoms with E-state index in [9.17, 15) is 0 Å². The van der Waals surface area contributed by atoms with Gasteiger partial charge in [-0.2, -0.15) is 5.26 Å². The van der Waals surface area contributed by atoms with Crippen molar-refractivity contribution in [1.82, 2.24) is 0 Å². The van der Waals surface area contributed by atoms with Gasteiger partial charge in [0, 0.05) is 11.0 Å². The van der Waals surface area contributed by atoms with Gasteiger partial charge >= 0.3 is 0 Å². The van der Waals surface area contributed by atoms with Crippen LogP contribution in [-0.4, -0.2) is 6.54 Å². The number of hydrogen-bond acceptors (Lipinski definition) is 2. The van der Waals surface area contributed by atoms with Crippen molar-refractivity contribution < 1.29 is 0 Å². The van der Waals surface area contributed by atoms with E-state index < -0.39 is 0 Å². The summed E-state index contributed by atoms with van der Waals surface area (Å²) >= 11 is 3.44. The molecule has 0 aromatic heterocycles. The van der Waals surface area contributed by atoms with Crippen LogP contribution in [0.4, 0.5) is 5.69 Å². The molecule has 1 aromatic carbocycles. The van der Waals surface area contributed by atoms with Gasteiger partial charge in [0.15, 0.2) is 0 Å². The number of hydrogen-bond donors (Lipinski definition) is 1. The van der Waals surface area contributed by atoms with Gasteiger partial charge in [-0.05, 0) is 37.0 Å². The molecule has 0 amide bonds. The summed E-state index contributed by atoms with van der Waals surface area (Å²) in [5.74, 6) is 0.949. The molecule has 1 N–H and O–H groups in total. The minimum Gasteiger partial charge on any atom is -0.384 e. The summed E-state index contributed by atoms with van der Waals surface area (Å²) in [4.78, 5) is 0. The number of anilines is 1. The minimum absolute atomic E-state index is 0.721. The fraction of sp³-hybridized carbons (Fsp3) is 0.533. The Balaban J connectivity index is 1.79. The van der Waals surface area contributed by atoms with Crippen LogP contribution < -0.4 is 5.32 Å². The van der Waals surface area contributed by atoms with Crippen LogP contribution in [0.2, 0.25) is 0 Å². The van der Waals surface area contributed by atoms with E-state index in [1.54, 1.807) is 0 Å². The molecule has 96 valence electrons. The van der Waals surface area contributed by atoms with E-state index in [2.05, 4.69) is 27.3 Å². The normalized spacial score (nSPS) is 15.6. The Hall–Kier alpha value is -1.01. The summed E-state index contributed by atoms with van der Waals surface area (Å²) in [6.07, 6.45) is 8.19. The predicted molar refractivity (Wildman–Crippen MR) is 78.5 cm³/mol. The molecule has 1 aliphatic carbocycles. The number of nitrogens with one attached hydrogen (secondary N) is 1. The standard InChI is InChI=1S/C15H19BrN2/c16-14-8-7-13(11-17)15(10-14)18-9-3-6-12-4-1-2-5-12/h7-8,10,12,18H,1-6,9H2. The fourth-order valence-corrected chi connectivity index (χ4v) is 3.03. The summed E-state index contributed by atoms with van der Waals surface area (Å²) in [5.41, 5.74) is 1.66. The molecule has 1 aromatic rings. The second-order valence-electron chi connectivity index (χ2n) is 5.02. The Morgan fingerprint density at radius 1 is 1.33 bits per heavy atom. The zero-order chi connectivity index (χ0) is 12.8. The van der Waals surface area contributed by atoms with E-state index in [-0.39, 0.29) is 0 Å². The van der Waals surface area contributed by atoms with E-state index in [1.807, 2.05) is 18.2 Å². The number of nitriles is 1. The van der Waals surface area contributed by atoms with Crippen molar-refractivity contribution in [3.05, 3.63) is 28.2 Å². The molecule has 2 rings (SSSR count). The fourth-order valence-electron chi connectivity index (χ4n) is 2.67. The highest BCUT2D eigenvalue weighted by molar-refractivity contribution is 9.10. The van der Waals surface area contributed by atoms with Crippen LogP contribution in [0.15, 0.2) is 22.7 Å². The van der Waals surface area contributed by atoms with Gasteiger partial charge in [0.25, 0.3) is 0 Å². The molecular formula is C15H19BrN2. The molecule has 0 radical (unpaired) electrons. The van der Waals surface area contributed by atoms with Gasteiger partial charge in [-0.1, -0.05) is 41.6 Å². The third-order valence-electron chi connectivity index (χ3n) is 3.68. The molecule has 1 aliphatic rings. The highest BCUT2D eigenvalue weighted by Crippen LogP contribution is 2.28. The van der Waals surface area contributed by atoms with Crippen LogP contribution in [0.25, 0.3) is 0 Å². The van der Waals surface area contributed by atoms with Crippen LogP contribution in [0, 0.1) is 17.2 Å². The molecule has 0 unspecified atom stereocenters. The summed E-state index contributed by atoms with van der Waals surface area (Å²) < 4.78 is 1.01. The molecule has 1 saturated carbocycles.